The van der Waals surface area contributed by atoms with Crippen LogP contribution < -0.4 is 5.32 Å². The standard InChI is InChI=1S/C11H15BrFNO/c1-7(15)6-14-8(2)10-4-3-9(12)5-11(10)13/h3-5,7-8,14-15H,6H2,1-2H3/t7-,8+/m1/s1. The summed E-state index contributed by atoms with van der Waals surface area (Å²) in [6, 6.07) is 4.88. The van der Waals surface area contributed by atoms with E-state index in [2.05, 4.69) is 21.2 Å². The van der Waals surface area contributed by atoms with Crippen molar-refractivity contribution in [2.24, 2.45) is 0 Å². The van der Waals surface area contributed by atoms with Gasteiger partial charge < -0.3 is 10.4 Å². The van der Waals surface area contributed by atoms with Gasteiger partial charge in [-0.25, -0.2) is 4.39 Å². The number of hydrogen-bond acceptors (Lipinski definition) is 2. The maximum Gasteiger partial charge on any atom is 0.129 e. The van der Waals surface area contributed by atoms with E-state index in [1.54, 1.807) is 19.1 Å². The van der Waals surface area contributed by atoms with Crippen molar-refractivity contribution in [2.75, 3.05) is 6.54 Å². The van der Waals surface area contributed by atoms with Crippen molar-refractivity contribution in [3.63, 3.8) is 0 Å². The number of nitrogens with one attached hydrogen (secondary N) is 1. The topological polar surface area (TPSA) is 32.3 Å². The first-order valence-corrected chi connectivity index (χ1v) is 5.66. The highest BCUT2D eigenvalue weighted by Gasteiger charge is 2.11. The monoisotopic (exact) mass is 275 g/mol. The van der Waals surface area contributed by atoms with E-state index < -0.39 is 6.10 Å². The number of hydrogen-bond donors (Lipinski definition) is 2. The van der Waals surface area contributed by atoms with Crippen LogP contribution in [-0.2, 0) is 0 Å². The number of halogens is 2. The minimum atomic E-state index is -0.425. The van der Waals surface area contributed by atoms with Crippen molar-refractivity contribution in [3.05, 3.63) is 34.1 Å². The molecular weight excluding hydrogens is 261 g/mol. The molecule has 2 N–H and O–H groups in total. The second-order valence-corrected chi connectivity index (χ2v) is 4.56. The first-order chi connectivity index (χ1) is 7.00. The van der Waals surface area contributed by atoms with E-state index in [0.717, 1.165) is 4.47 Å². The third kappa shape index (κ3) is 3.89. The molecule has 0 saturated carbocycles. The van der Waals surface area contributed by atoms with E-state index in [-0.39, 0.29) is 11.9 Å². The SMILES string of the molecule is C[C@H](NC[C@@H](C)O)c1ccc(Br)cc1F. The highest BCUT2D eigenvalue weighted by Crippen LogP contribution is 2.20. The Morgan fingerprint density at radius 3 is 2.67 bits per heavy atom. The van der Waals surface area contributed by atoms with E-state index in [1.807, 2.05) is 6.92 Å². The van der Waals surface area contributed by atoms with E-state index >= 15 is 0 Å². The lowest BCUT2D eigenvalue weighted by atomic mass is 10.1. The summed E-state index contributed by atoms with van der Waals surface area (Å²) in [5.74, 6) is -0.241. The molecule has 1 aromatic carbocycles. The Hall–Kier alpha value is -0.450. The molecule has 1 aromatic rings. The van der Waals surface area contributed by atoms with Gasteiger partial charge in [0.15, 0.2) is 0 Å². The molecule has 2 nitrogen and oxygen atoms in total. The molecule has 0 aliphatic rings. The van der Waals surface area contributed by atoms with Crippen molar-refractivity contribution in [1.82, 2.24) is 5.32 Å². The maximum atomic E-state index is 13.5. The van der Waals surface area contributed by atoms with Crippen LogP contribution in [0, 0.1) is 5.82 Å². The van der Waals surface area contributed by atoms with Crippen molar-refractivity contribution >= 4 is 15.9 Å². The minimum absolute atomic E-state index is 0.104. The van der Waals surface area contributed by atoms with Gasteiger partial charge >= 0.3 is 0 Å². The zero-order chi connectivity index (χ0) is 11.4. The van der Waals surface area contributed by atoms with Crippen LogP contribution in [0.5, 0.6) is 0 Å². The predicted molar refractivity (Wildman–Crippen MR) is 62.2 cm³/mol. The van der Waals surface area contributed by atoms with Crippen LogP contribution in [-0.4, -0.2) is 17.8 Å². The molecule has 0 fully saturated rings. The number of benzene rings is 1. The van der Waals surface area contributed by atoms with Crippen molar-refractivity contribution in [1.29, 1.82) is 0 Å². The van der Waals surface area contributed by atoms with Crippen molar-refractivity contribution < 1.29 is 9.50 Å². The maximum absolute atomic E-state index is 13.5. The summed E-state index contributed by atoms with van der Waals surface area (Å²) in [5.41, 5.74) is 0.610. The van der Waals surface area contributed by atoms with Crippen LogP contribution in [0.25, 0.3) is 0 Å². The Labute approximate surface area is 97.6 Å². The van der Waals surface area contributed by atoms with Crippen LogP contribution >= 0.6 is 15.9 Å². The average molecular weight is 276 g/mol. The van der Waals surface area contributed by atoms with Gasteiger partial charge in [-0.2, -0.15) is 0 Å². The number of aliphatic hydroxyl groups is 1. The fourth-order valence-corrected chi connectivity index (χ4v) is 1.64. The fraction of sp³-hybridized carbons (Fsp3) is 0.455. The van der Waals surface area contributed by atoms with Gasteiger partial charge in [-0.05, 0) is 26.0 Å². The van der Waals surface area contributed by atoms with Crippen molar-refractivity contribution in [2.45, 2.75) is 26.0 Å². The highest BCUT2D eigenvalue weighted by molar-refractivity contribution is 9.10. The smallest absolute Gasteiger partial charge is 0.129 e. The summed E-state index contributed by atoms with van der Waals surface area (Å²) < 4.78 is 14.2. The highest BCUT2D eigenvalue weighted by atomic mass is 79.9. The van der Waals surface area contributed by atoms with Crippen LogP contribution in [0.1, 0.15) is 25.5 Å². The first kappa shape index (κ1) is 12.6. The lowest BCUT2D eigenvalue weighted by Crippen LogP contribution is -2.27. The zero-order valence-corrected chi connectivity index (χ0v) is 10.4. The molecule has 15 heavy (non-hydrogen) atoms. The normalized spacial score (nSPS) is 15.0. The Balaban J connectivity index is 2.69. The molecule has 0 unspecified atom stereocenters. The Morgan fingerprint density at radius 1 is 1.47 bits per heavy atom. The molecule has 1 rings (SSSR count). The Bertz CT molecular complexity index is 330. The summed E-state index contributed by atoms with van der Waals surface area (Å²) in [7, 11) is 0. The first-order valence-electron chi connectivity index (χ1n) is 4.87. The van der Waals surface area contributed by atoms with Crippen molar-refractivity contribution in [3.8, 4) is 0 Å². The molecule has 0 spiro atoms. The molecule has 2 atom stereocenters. The van der Waals surface area contributed by atoms with Gasteiger partial charge in [0.05, 0.1) is 6.10 Å². The largest absolute Gasteiger partial charge is 0.392 e. The van der Waals surface area contributed by atoms with Gasteiger partial charge in [-0.15, -0.1) is 0 Å². The van der Waals surface area contributed by atoms with Gasteiger partial charge in [-0.1, -0.05) is 22.0 Å². The molecule has 0 bridgehead atoms. The quantitative estimate of drug-likeness (QED) is 0.886. The molecule has 84 valence electrons. The summed E-state index contributed by atoms with van der Waals surface area (Å²) in [4.78, 5) is 0. The van der Waals surface area contributed by atoms with E-state index in [4.69, 9.17) is 5.11 Å². The van der Waals surface area contributed by atoms with Gasteiger partial charge in [0.2, 0.25) is 0 Å². The number of rotatable bonds is 4. The van der Waals surface area contributed by atoms with Crippen LogP contribution in [0.4, 0.5) is 4.39 Å². The summed E-state index contributed by atoms with van der Waals surface area (Å²) >= 11 is 3.21. The summed E-state index contributed by atoms with van der Waals surface area (Å²) in [6.07, 6.45) is -0.425. The lowest BCUT2D eigenvalue weighted by Gasteiger charge is -2.16. The second kappa shape index (κ2) is 5.58. The predicted octanol–water partition coefficient (Wildman–Crippen LogP) is 2.62. The van der Waals surface area contributed by atoms with Gasteiger partial charge in [0.25, 0.3) is 0 Å². The fourth-order valence-electron chi connectivity index (χ4n) is 1.31. The lowest BCUT2D eigenvalue weighted by molar-refractivity contribution is 0.187. The Morgan fingerprint density at radius 2 is 2.13 bits per heavy atom. The third-order valence-corrected chi connectivity index (χ3v) is 2.64. The molecule has 0 radical (unpaired) electrons. The summed E-state index contributed by atoms with van der Waals surface area (Å²) in [6.45, 7) is 4.02. The van der Waals surface area contributed by atoms with E-state index in [0.29, 0.717) is 12.1 Å². The van der Waals surface area contributed by atoms with E-state index in [9.17, 15) is 4.39 Å². The molecule has 0 aliphatic carbocycles. The molecular formula is C11H15BrFNO. The minimum Gasteiger partial charge on any atom is -0.392 e. The summed E-state index contributed by atoms with van der Waals surface area (Å²) in [5, 5.41) is 12.2. The van der Waals surface area contributed by atoms with Gasteiger partial charge in [-0.3, -0.25) is 0 Å². The molecule has 0 amide bonds. The molecule has 0 aromatic heterocycles. The van der Waals surface area contributed by atoms with Gasteiger partial charge in [0, 0.05) is 22.6 Å². The number of aliphatic hydroxyl groups excluding tert-OH is 1. The van der Waals surface area contributed by atoms with Crippen LogP contribution in [0.2, 0.25) is 0 Å². The van der Waals surface area contributed by atoms with Crippen LogP contribution in [0.15, 0.2) is 22.7 Å². The molecule has 0 heterocycles. The average Bonchev–Trinajstić information content (AvgIpc) is 2.14. The van der Waals surface area contributed by atoms with Gasteiger partial charge in [0.1, 0.15) is 5.82 Å². The molecule has 4 heteroatoms. The molecule has 0 aliphatic heterocycles. The zero-order valence-electron chi connectivity index (χ0n) is 8.80. The second-order valence-electron chi connectivity index (χ2n) is 3.64. The van der Waals surface area contributed by atoms with Crippen LogP contribution in [0.3, 0.4) is 0 Å². The van der Waals surface area contributed by atoms with E-state index in [1.165, 1.54) is 6.07 Å². The Kier molecular flexibility index (Phi) is 4.70. The molecule has 0 saturated heterocycles. The third-order valence-electron chi connectivity index (χ3n) is 2.15.